The summed E-state index contributed by atoms with van der Waals surface area (Å²) >= 11 is 0. The lowest BCUT2D eigenvalue weighted by Gasteiger charge is -2.25. The Morgan fingerprint density at radius 1 is 0.625 bits per heavy atom. The summed E-state index contributed by atoms with van der Waals surface area (Å²) in [7, 11) is 5.93. The molecule has 0 spiro atoms. The van der Waals surface area contributed by atoms with Crippen LogP contribution in [0, 0.1) is 0 Å². The normalized spacial score (nSPS) is 13.3. The Morgan fingerprint density at radius 2 is 1.12 bits per heavy atom. The number of carbonyl (C=O) groups is 3. The molecule has 0 aromatic carbocycles. The first-order valence-electron chi connectivity index (χ1n) is 19.0. The number of hydrogen-bond donors (Lipinski definition) is 1. The topological polar surface area (TPSA) is 108 Å². The largest absolute Gasteiger partial charge is 0.477 e. The first-order valence-corrected chi connectivity index (χ1v) is 19.0. The van der Waals surface area contributed by atoms with Crippen LogP contribution >= 0.6 is 0 Å². The van der Waals surface area contributed by atoms with E-state index in [1.807, 2.05) is 21.1 Å². The molecular formula is C39H72NO8+. The summed E-state index contributed by atoms with van der Waals surface area (Å²) in [5.41, 5.74) is 0. The summed E-state index contributed by atoms with van der Waals surface area (Å²) in [6.07, 6.45) is 28.3. The minimum atomic E-state index is -1.50. The summed E-state index contributed by atoms with van der Waals surface area (Å²) in [5.74, 6) is -2.03. The Bertz CT molecular complexity index is 851. The van der Waals surface area contributed by atoms with Gasteiger partial charge >= 0.3 is 17.9 Å². The SMILES string of the molecule is CCCCC/C=C\C/C=C\CCCCCCCCCC(=O)OC(COC(=O)CCCCCCCC)COC(OCC[N+](C)(C)C)C(=O)O. The number of unbranched alkanes of at least 4 members (excludes halogenated alkanes) is 15. The molecule has 0 aliphatic heterocycles. The van der Waals surface area contributed by atoms with Crippen molar-refractivity contribution in [1.29, 1.82) is 0 Å². The van der Waals surface area contributed by atoms with Crippen LogP contribution in [0.25, 0.3) is 0 Å². The molecule has 0 aromatic rings. The average molecular weight is 683 g/mol. The van der Waals surface area contributed by atoms with Crippen molar-refractivity contribution in [2.24, 2.45) is 0 Å². The van der Waals surface area contributed by atoms with Crippen LogP contribution in [-0.4, -0.2) is 87.4 Å². The molecule has 1 N–H and O–H groups in total. The number of carboxylic acids is 1. The number of hydrogen-bond acceptors (Lipinski definition) is 7. The summed E-state index contributed by atoms with van der Waals surface area (Å²) in [5, 5.41) is 9.55. The number of ether oxygens (including phenoxy) is 4. The van der Waals surface area contributed by atoms with Gasteiger partial charge in [0.15, 0.2) is 6.10 Å². The number of rotatable bonds is 34. The molecule has 9 heteroatoms. The predicted molar refractivity (Wildman–Crippen MR) is 194 cm³/mol. The van der Waals surface area contributed by atoms with Gasteiger partial charge in [-0.15, -0.1) is 0 Å². The van der Waals surface area contributed by atoms with Crippen molar-refractivity contribution in [2.75, 3.05) is 47.5 Å². The number of aliphatic carboxylic acids is 1. The number of likely N-dealkylation sites (N-methyl/N-ethyl adjacent to an activating group) is 1. The highest BCUT2D eigenvalue weighted by molar-refractivity contribution is 5.71. The van der Waals surface area contributed by atoms with Gasteiger partial charge < -0.3 is 28.5 Å². The lowest BCUT2D eigenvalue weighted by atomic mass is 10.1. The highest BCUT2D eigenvalue weighted by atomic mass is 16.7. The van der Waals surface area contributed by atoms with E-state index < -0.39 is 24.3 Å². The zero-order valence-corrected chi connectivity index (χ0v) is 31.4. The number of allylic oxidation sites excluding steroid dienone is 4. The standard InChI is InChI=1S/C39H71NO8/c1-6-8-10-12-14-15-16-17-18-19-20-21-22-23-24-26-28-30-37(42)48-35(33-46-36(41)29-27-25-13-11-9-7-2)34-47-39(38(43)44)45-32-31-40(3,4)5/h14-15,17-18,35,39H,6-13,16,19-34H2,1-5H3/p+1/b15-14-,18-17-. The van der Waals surface area contributed by atoms with Crippen molar-refractivity contribution in [3.8, 4) is 0 Å². The van der Waals surface area contributed by atoms with Crippen molar-refractivity contribution >= 4 is 17.9 Å². The van der Waals surface area contributed by atoms with Crippen LogP contribution < -0.4 is 0 Å². The van der Waals surface area contributed by atoms with E-state index in [4.69, 9.17) is 18.9 Å². The molecule has 2 atom stereocenters. The lowest BCUT2D eigenvalue weighted by Crippen LogP contribution is -2.40. The molecule has 0 aliphatic rings. The molecular weight excluding hydrogens is 610 g/mol. The molecule has 9 nitrogen and oxygen atoms in total. The Labute approximate surface area is 293 Å². The molecule has 0 radical (unpaired) electrons. The first-order chi connectivity index (χ1) is 23.1. The number of esters is 2. The second kappa shape index (κ2) is 32.0. The fourth-order valence-electron chi connectivity index (χ4n) is 4.92. The molecule has 0 saturated heterocycles. The molecule has 280 valence electrons. The van der Waals surface area contributed by atoms with E-state index in [0.717, 1.165) is 57.8 Å². The van der Waals surface area contributed by atoms with Gasteiger partial charge in [0.05, 0.1) is 34.4 Å². The zero-order chi connectivity index (χ0) is 35.7. The van der Waals surface area contributed by atoms with Crippen LogP contribution in [0.15, 0.2) is 24.3 Å². The smallest absolute Gasteiger partial charge is 0.361 e. The van der Waals surface area contributed by atoms with E-state index in [9.17, 15) is 19.5 Å². The third-order valence-corrected chi connectivity index (χ3v) is 7.96. The number of nitrogens with zero attached hydrogens (tertiary/aromatic N) is 1. The lowest BCUT2D eigenvalue weighted by molar-refractivity contribution is -0.870. The number of quaternary nitrogens is 1. The maximum Gasteiger partial charge on any atom is 0.361 e. The Balaban J connectivity index is 4.44. The van der Waals surface area contributed by atoms with Crippen molar-refractivity contribution < 1.29 is 42.9 Å². The highest BCUT2D eigenvalue weighted by Crippen LogP contribution is 2.13. The van der Waals surface area contributed by atoms with Gasteiger partial charge in [-0.2, -0.15) is 0 Å². The molecule has 0 aromatic heterocycles. The van der Waals surface area contributed by atoms with Crippen molar-refractivity contribution in [1.82, 2.24) is 0 Å². The van der Waals surface area contributed by atoms with Crippen LogP contribution in [-0.2, 0) is 33.3 Å². The fraction of sp³-hybridized carbons (Fsp3) is 0.821. The maximum absolute atomic E-state index is 12.6. The molecule has 0 fully saturated rings. The van der Waals surface area contributed by atoms with Crippen LogP contribution in [0.3, 0.4) is 0 Å². The van der Waals surface area contributed by atoms with E-state index in [1.165, 1.54) is 57.8 Å². The monoisotopic (exact) mass is 683 g/mol. The van der Waals surface area contributed by atoms with Gasteiger partial charge in [-0.25, -0.2) is 4.79 Å². The molecule has 0 saturated carbocycles. The van der Waals surface area contributed by atoms with Crippen LogP contribution in [0.4, 0.5) is 0 Å². The zero-order valence-electron chi connectivity index (χ0n) is 31.4. The van der Waals surface area contributed by atoms with Gasteiger partial charge in [0, 0.05) is 12.8 Å². The van der Waals surface area contributed by atoms with Gasteiger partial charge in [-0.1, -0.05) is 115 Å². The number of carboxylic acid groups (broad SMARTS) is 1. The van der Waals surface area contributed by atoms with Gasteiger partial charge in [0.1, 0.15) is 13.2 Å². The average Bonchev–Trinajstić information content (AvgIpc) is 3.03. The van der Waals surface area contributed by atoms with Crippen LogP contribution in [0.1, 0.15) is 149 Å². The van der Waals surface area contributed by atoms with Crippen LogP contribution in [0.5, 0.6) is 0 Å². The summed E-state index contributed by atoms with van der Waals surface area (Å²) < 4.78 is 22.5. The van der Waals surface area contributed by atoms with Gasteiger partial charge in [-0.3, -0.25) is 9.59 Å². The molecule has 0 rings (SSSR count). The Kier molecular flexibility index (Phi) is 30.5. The van der Waals surface area contributed by atoms with E-state index in [-0.39, 0.29) is 32.2 Å². The third kappa shape index (κ3) is 32.3. The Morgan fingerprint density at radius 3 is 1.69 bits per heavy atom. The molecule has 0 bridgehead atoms. The molecule has 48 heavy (non-hydrogen) atoms. The van der Waals surface area contributed by atoms with E-state index in [2.05, 4.69) is 38.2 Å². The van der Waals surface area contributed by atoms with Crippen LogP contribution in [0.2, 0.25) is 0 Å². The summed E-state index contributed by atoms with van der Waals surface area (Å²) in [6, 6.07) is 0. The van der Waals surface area contributed by atoms with Gasteiger partial charge in [0.25, 0.3) is 6.29 Å². The molecule has 0 heterocycles. The van der Waals surface area contributed by atoms with E-state index >= 15 is 0 Å². The Hall–Kier alpha value is -2.23. The van der Waals surface area contributed by atoms with E-state index in [1.54, 1.807) is 0 Å². The predicted octanol–water partition coefficient (Wildman–Crippen LogP) is 8.94. The van der Waals surface area contributed by atoms with Gasteiger partial charge in [0.2, 0.25) is 0 Å². The number of carbonyl (C=O) groups excluding carboxylic acids is 2. The molecule has 0 amide bonds. The minimum absolute atomic E-state index is 0.184. The van der Waals surface area contributed by atoms with Crippen molar-refractivity contribution in [3.05, 3.63) is 24.3 Å². The maximum atomic E-state index is 12.6. The molecule has 2 unspecified atom stereocenters. The second-order valence-corrected chi connectivity index (χ2v) is 13.9. The van der Waals surface area contributed by atoms with Crippen molar-refractivity contribution in [2.45, 2.75) is 161 Å². The second-order valence-electron chi connectivity index (χ2n) is 13.9. The fourth-order valence-corrected chi connectivity index (χ4v) is 4.92. The van der Waals surface area contributed by atoms with Crippen molar-refractivity contribution in [3.63, 3.8) is 0 Å². The third-order valence-electron chi connectivity index (χ3n) is 7.96. The quantitative estimate of drug-likeness (QED) is 0.0236. The van der Waals surface area contributed by atoms with Gasteiger partial charge in [-0.05, 0) is 44.9 Å². The molecule has 0 aliphatic carbocycles. The summed E-state index contributed by atoms with van der Waals surface area (Å²) in [6.45, 7) is 4.75. The summed E-state index contributed by atoms with van der Waals surface area (Å²) in [4.78, 5) is 36.7. The highest BCUT2D eigenvalue weighted by Gasteiger charge is 2.25. The minimum Gasteiger partial charge on any atom is -0.477 e. The van der Waals surface area contributed by atoms with E-state index in [0.29, 0.717) is 23.9 Å². The first kappa shape index (κ1) is 45.8.